The first-order valence-electron chi connectivity index (χ1n) is 16.0. The number of nitrogens with zero attached hydrogens (tertiary/aromatic N) is 2. The zero-order valence-electron chi connectivity index (χ0n) is 26.8. The van der Waals surface area contributed by atoms with E-state index in [9.17, 15) is 0 Å². The summed E-state index contributed by atoms with van der Waals surface area (Å²) >= 11 is 19.2. The summed E-state index contributed by atoms with van der Waals surface area (Å²) < 4.78 is 11.8. The lowest BCUT2D eigenvalue weighted by Gasteiger charge is -2.39. The maximum atomic E-state index is 5.93. The number of rotatable bonds is 19. The van der Waals surface area contributed by atoms with E-state index in [0.29, 0.717) is 11.8 Å². The van der Waals surface area contributed by atoms with Gasteiger partial charge in [0.05, 0.1) is 9.98 Å². The number of thiocarbonyl (C=S) groups is 3. The minimum Gasteiger partial charge on any atom is -0.381 e. The number of allylic oxidation sites excluding steroid dienone is 1. The fourth-order valence-electron chi connectivity index (χ4n) is 5.93. The molecule has 1 fully saturated rings. The van der Waals surface area contributed by atoms with Crippen LogP contribution in [0.4, 0.5) is 0 Å². The van der Waals surface area contributed by atoms with Crippen molar-refractivity contribution in [3.05, 3.63) is 35.4 Å². The largest absolute Gasteiger partial charge is 0.381 e. The molecule has 0 saturated carbocycles. The lowest BCUT2D eigenvalue weighted by atomic mass is 9.84. The average Bonchev–Trinajstić information content (AvgIpc) is 3.40. The van der Waals surface area contributed by atoms with Gasteiger partial charge in [-0.25, -0.2) is 0 Å². The van der Waals surface area contributed by atoms with E-state index in [0.717, 1.165) is 118 Å². The Morgan fingerprint density at radius 2 is 1.55 bits per heavy atom. The Kier molecular flexibility index (Phi) is 14.6. The minimum atomic E-state index is 0.157. The van der Waals surface area contributed by atoms with Crippen molar-refractivity contribution >= 4 is 63.4 Å². The van der Waals surface area contributed by atoms with E-state index in [1.807, 2.05) is 11.8 Å². The van der Waals surface area contributed by atoms with Gasteiger partial charge >= 0.3 is 0 Å². The average molecular weight is 651 g/mol. The molecule has 0 amide bonds. The molecule has 3 aliphatic rings. The quantitative estimate of drug-likeness (QED) is 0.101. The van der Waals surface area contributed by atoms with Gasteiger partial charge in [-0.15, -0.1) is 11.8 Å². The van der Waals surface area contributed by atoms with Gasteiger partial charge in [-0.2, -0.15) is 0 Å². The first kappa shape index (κ1) is 35.8. The molecule has 0 spiro atoms. The number of fused-ring (bicyclic) bond motifs is 1. The molecule has 4 nitrogen and oxygen atoms in total. The maximum absolute atomic E-state index is 5.93. The van der Waals surface area contributed by atoms with E-state index in [1.54, 1.807) is 0 Å². The van der Waals surface area contributed by atoms with Gasteiger partial charge in [-0.05, 0) is 85.0 Å². The summed E-state index contributed by atoms with van der Waals surface area (Å²) in [6, 6.07) is 0. The predicted molar refractivity (Wildman–Crippen MR) is 193 cm³/mol. The number of hydrogen-bond acceptors (Lipinski definition) is 6. The van der Waals surface area contributed by atoms with Crippen molar-refractivity contribution in [2.45, 2.75) is 92.4 Å². The van der Waals surface area contributed by atoms with Crippen molar-refractivity contribution in [1.29, 1.82) is 0 Å². The Bertz CT molecular complexity index is 1020. The van der Waals surface area contributed by atoms with E-state index in [-0.39, 0.29) is 10.8 Å². The molecule has 2 unspecified atom stereocenters. The molecule has 0 aromatic rings. The highest BCUT2D eigenvalue weighted by atomic mass is 32.2. The van der Waals surface area contributed by atoms with Gasteiger partial charge in [0.1, 0.15) is 4.99 Å². The molecule has 3 heterocycles. The number of thioether (sulfide) groups is 1. The molecule has 8 heteroatoms. The van der Waals surface area contributed by atoms with Gasteiger partial charge in [0.15, 0.2) is 0 Å². The monoisotopic (exact) mass is 650 g/mol. The molecular weight excluding hydrogens is 597 g/mol. The molecule has 236 valence electrons. The predicted octanol–water partition coefficient (Wildman–Crippen LogP) is 9.15. The first-order chi connectivity index (χ1) is 19.9. The van der Waals surface area contributed by atoms with Crippen LogP contribution in [0.3, 0.4) is 0 Å². The smallest absolute Gasteiger partial charge is 0.106 e. The summed E-state index contributed by atoms with van der Waals surface area (Å²) in [5, 5.41) is 0. The van der Waals surface area contributed by atoms with Gasteiger partial charge in [0.2, 0.25) is 0 Å². The number of ether oxygens (including phenoxy) is 2. The molecule has 0 aliphatic carbocycles. The summed E-state index contributed by atoms with van der Waals surface area (Å²) in [7, 11) is 0. The second-order valence-corrected chi connectivity index (χ2v) is 16.0. The second-order valence-electron chi connectivity index (χ2n) is 13.6. The van der Waals surface area contributed by atoms with Gasteiger partial charge < -0.3 is 19.3 Å². The fourth-order valence-corrected chi connectivity index (χ4v) is 8.38. The Balaban J connectivity index is 1.20. The van der Waals surface area contributed by atoms with Crippen LogP contribution in [0.2, 0.25) is 0 Å². The molecule has 0 N–H and O–H groups in total. The summed E-state index contributed by atoms with van der Waals surface area (Å²) in [5.41, 5.74) is 1.44. The molecule has 0 aromatic carbocycles. The Morgan fingerprint density at radius 1 is 0.905 bits per heavy atom. The van der Waals surface area contributed by atoms with Crippen LogP contribution in [0.1, 0.15) is 92.4 Å². The van der Waals surface area contributed by atoms with E-state index in [1.165, 1.54) is 10.7 Å². The van der Waals surface area contributed by atoms with Crippen LogP contribution in [-0.2, 0) is 9.47 Å². The SMILES string of the molecule is C=C1C=C2SCCC2C(=S)N1CC(C)(C)CCCOCCCOCCCC(C)(C)CCN1C(=S)C=CC(CCC)C1=S. The number of hydrogen-bond donors (Lipinski definition) is 0. The summed E-state index contributed by atoms with van der Waals surface area (Å²) in [4.78, 5) is 8.83. The third kappa shape index (κ3) is 11.1. The normalized spacial score (nSPS) is 21.4. The zero-order valence-corrected chi connectivity index (χ0v) is 30.0. The lowest BCUT2D eigenvalue weighted by molar-refractivity contribution is 0.0726. The molecule has 0 radical (unpaired) electrons. The Labute approximate surface area is 277 Å². The van der Waals surface area contributed by atoms with Gasteiger partial charge in [-0.1, -0.05) is 90.3 Å². The summed E-state index contributed by atoms with van der Waals surface area (Å²) in [6.45, 7) is 20.8. The molecule has 0 aromatic heterocycles. The molecular formula is C34H54N2O2S4. The van der Waals surface area contributed by atoms with E-state index >= 15 is 0 Å². The first-order valence-corrected chi connectivity index (χ1v) is 18.2. The molecule has 3 rings (SSSR count). The molecule has 2 atom stereocenters. The van der Waals surface area contributed by atoms with Crippen molar-refractivity contribution in [1.82, 2.24) is 9.80 Å². The molecule has 1 saturated heterocycles. The third-order valence-corrected chi connectivity index (χ3v) is 11.2. The molecule has 0 bridgehead atoms. The van der Waals surface area contributed by atoms with Gasteiger partial charge in [0, 0.05) is 57.0 Å². The van der Waals surface area contributed by atoms with E-state index in [4.69, 9.17) is 46.1 Å². The van der Waals surface area contributed by atoms with Gasteiger partial charge in [-0.3, -0.25) is 0 Å². The highest BCUT2D eigenvalue weighted by Gasteiger charge is 2.35. The summed E-state index contributed by atoms with van der Waals surface area (Å²) in [5.74, 6) is 1.96. The van der Waals surface area contributed by atoms with Crippen molar-refractivity contribution < 1.29 is 9.47 Å². The van der Waals surface area contributed by atoms with Crippen LogP contribution in [0, 0.1) is 22.7 Å². The van der Waals surface area contributed by atoms with Crippen molar-refractivity contribution in [3.63, 3.8) is 0 Å². The maximum Gasteiger partial charge on any atom is 0.106 e. The van der Waals surface area contributed by atoms with Crippen LogP contribution in [-0.4, -0.2) is 70.0 Å². The third-order valence-electron chi connectivity index (χ3n) is 8.62. The van der Waals surface area contributed by atoms with Crippen molar-refractivity contribution in [3.8, 4) is 0 Å². The topological polar surface area (TPSA) is 24.9 Å². The van der Waals surface area contributed by atoms with Crippen LogP contribution < -0.4 is 0 Å². The van der Waals surface area contributed by atoms with E-state index < -0.39 is 0 Å². The summed E-state index contributed by atoms with van der Waals surface area (Å²) in [6.07, 6.45) is 16.3. The van der Waals surface area contributed by atoms with Crippen LogP contribution >= 0.6 is 48.4 Å². The standard InChI is InChI=1S/C34H54N2O2S4/c1-7-11-27-12-13-30(39)35(31(27)40)18-17-33(3,4)15-8-19-37-21-10-22-38-20-9-16-34(5,6)25-36-26(2)24-29-28(32(36)41)14-23-42-29/h12-13,24,27-28H,2,7-11,14-23,25H2,1,3-6H3. The highest BCUT2D eigenvalue weighted by Crippen LogP contribution is 2.43. The highest BCUT2D eigenvalue weighted by molar-refractivity contribution is 8.03. The molecule has 42 heavy (non-hydrogen) atoms. The zero-order chi connectivity index (χ0) is 30.8. The lowest BCUT2D eigenvalue weighted by Crippen LogP contribution is -2.42. The van der Waals surface area contributed by atoms with Gasteiger partial charge in [0.25, 0.3) is 0 Å². The van der Waals surface area contributed by atoms with Crippen LogP contribution in [0.15, 0.2) is 35.4 Å². The van der Waals surface area contributed by atoms with Crippen molar-refractivity contribution in [2.24, 2.45) is 22.7 Å². The van der Waals surface area contributed by atoms with Crippen molar-refractivity contribution in [2.75, 3.05) is 45.3 Å². The Hall–Kier alpha value is -0.640. The Morgan fingerprint density at radius 3 is 2.21 bits per heavy atom. The second kappa shape index (κ2) is 17.2. The van der Waals surface area contributed by atoms with E-state index in [2.05, 4.69) is 69.2 Å². The molecule has 3 aliphatic heterocycles. The fraction of sp³-hybridized carbons (Fsp3) is 0.735. The van der Waals surface area contributed by atoms with Crippen LogP contribution in [0.5, 0.6) is 0 Å². The van der Waals surface area contributed by atoms with Crippen LogP contribution in [0.25, 0.3) is 0 Å². The minimum absolute atomic E-state index is 0.157.